The number of nitrogens with one attached hydrogen (secondary N) is 1. The van der Waals surface area contributed by atoms with Crippen molar-refractivity contribution in [3.63, 3.8) is 0 Å². The fourth-order valence-electron chi connectivity index (χ4n) is 4.21. The van der Waals surface area contributed by atoms with E-state index in [2.05, 4.69) is 5.32 Å². The van der Waals surface area contributed by atoms with Crippen LogP contribution >= 0.6 is 0 Å². The van der Waals surface area contributed by atoms with E-state index in [0.29, 0.717) is 29.7 Å². The summed E-state index contributed by atoms with van der Waals surface area (Å²) in [6.45, 7) is 2.01. The Morgan fingerprint density at radius 1 is 0.700 bits per heavy atom. The quantitative estimate of drug-likeness (QED) is 0.156. The predicted octanol–water partition coefficient (Wildman–Crippen LogP) is 1.66. The van der Waals surface area contributed by atoms with Crippen LogP contribution in [0.4, 0.5) is 0 Å². The van der Waals surface area contributed by atoms with Crippen molar-refractivity contribution in [3.05, 3.63) is 58.7 Å². The van der Waals surface area contributed by atoms with Crippen molar-refractivity contribution >= 4 is 23.8 Å². The van der Waals surface area contributed by atoms with Crippen molar-refractivity contribution in [1.29, 1.82) is 0 Å². The van der Waals surface area contributed by atoms with Crippen LogP contribution in [0.15, 0.2) is 36.4 Å². The fraction of sp³-hybridized carbons (Fsp3) is 0.429. The van der Waals surface area contributed by atoms with Crippen LogP contribution in [0.2, 0.25) is 0 Å². The molecule has 0 heterocycles. The van der Waals surface area contributed by atoms with Crippen molar-refractivity contribution in [3.8, 4) is 11.5 Å². The second-order valence-corrected chi connectivity index (χ2v) is 9.48. The minimum Gasteiger partial charge on any atom is -0.508 e. The number of carbonyl (C=O) groups excluding carboxylic acids is 1. The lowest BCUT2D eigenvalue weighted by molar-refractivity contribution is -0.140. The molecule has 12 nitrogen and oxygen atoms in total. The third-order valence-corrected chi connectivity index (χ3v) is 6.17. The predicted molar refractivity (Wildman–Crippen MR) is 145 cm³/mol. The molecular weight excluding hydrogens is 522 g/mol. The lowest BCUT2D eigenvalue weighted by Gasteiger charge is -2.26. The summed E-state index contributed by atoms with van der Waals surface area (Å²) < 4.78 is 0. The Hall–Kier alpha value is -4.16. The van der Waals surface area contributed by atoms with E-state index in [9.17, 15) is 39.6 Å². The van der Waals surface area contributed by atoms with Crippen LogP contribution in [0.3, 0.4) is 0 Å². The van der Waals surface area contributed by atoms with Gasteiger partial charge in [-0.3, -0.25) is 29.0 Å². The number of aromatic hydroxyl groups is 2. The molecule has 2 aromatic rings. The fourth-order valence-corrected chi connectivity index (χ4v) is 4.21. The number of carboxylic acids is 3. The van der Waals surface area contributed by atoms with Gasteiger partial charge in [0.15, 0.2) is 0 Å². The number of hydrogen-bond donors (Lipinski definition) is 6. The van der Waals surface area contributed by atoms with Crippen LogP contribution in [0.5, 0.6) is 11.5 Å². The van der Waals surface area contributed by atoms with E-state index < -0.39 is 17.9 Å². The van der Waals surface area contributed by atoms with Gasteiger partial charge in [0, 0.05) is 56.7 Å². The number of carbonyl (C=O) groups is 4. The average Bonchev–Trinajstić information content (AvgIpc) is 2.87. The van der Waals surface area contributed by atoms with Gasteiger partial charge < -0.3 is 30.8 Å². The minimum absolute atomic E-state index is 0.0253. The highest BCUT2D eigenvalue weighted by Crippen LogP contribution is 2.23. The van der Waals surface area contributed by atoms with Crippen molar-refractivity contribution in [1.82, 2.24) is 15.1 Å². The van der Waals surface area contributed by atoms with Gasteiger partial charge in [-0.25, -0.2) is 0 Å². The first-order valence-corrected chi connectivity index (χ1v) is 12.9. The van der Waals surface area contributed by atoms with Crippen LogP contribution in [-0.2, 0) is 45.1 Å². The van der Waals surface area contributed by atoms with Crippen molar-refractivity contribution in [2.45, 2.75) is 45.7 Å². The maximum atomic E-state index is 11.8. The molecule has 6 N–H and O–H groups in total. The maximum Gasteiger partial charge on any atom is 0.317 e. The van der Waals surface area contributed by atoms with E-state index in [1.165, 1.54) is 17.0 Å². The van der Waals surface area contributed by atoms with Gasteiger partial charge in [-0.05, 0) is 43.0 Å². The molecule has 0 unspecified atom stereocenters. The first-order valence-electron chi connectivity index (χ1n) is 12.9. The zero-order chi connectivity index (χ0) is 29.7. The van der Waals surface area contributed by atoms with E-state index in [1.54, 1.807) is 29.2 Å². The van der Waals surface area contributed by atoms with E-state index in [1.807, 2.05) is 6.92 Å². The number of hydrogen-bond acceptors (Lipinski definition) is 8. The summed E-state index contributed by atoms with van der Waals surface area (Å²) in [5.41, 5.74) is 2.38. The molecule has 0 aliphatic rings. The summed E-state index contributed by atoms with van der Waals surface area (Å²) >= 11 is 0. The van der Waals surface area contributed by atoms with Crippen molar-refractivity contribution in [2.24, 2.45) is 0 Å². The molecule has 12 heteroatoms. The lowest BCUT2D eigenvalue weighted by atomic mass is 10.0. The van der Waals surface area contributed by atoms with E-state index >= 15 is 0 Å². The number of aryl methyl sites for hydroxylation is 2. The molecule has 218 valence electrons. The Kier molecular flexibility index (Phi) is 12.9. The SMILES string of the molecule is CCNC(=O)CCc1ccc(O)c(CN(CCN(CC(=O)O)Cc2cc(CCC(=O)O)ccc2O)CC(=O)O)c1. The van der Waals surface area contributed by atoms with Gasteiger partial charge in [-0.1, -0.05) is 24.3 Å². The Bertz CT molecular complexity index is 1190. The molecule has 0 fully saturated rings. The molecule has 0 atom stereocenters. The molecule has 0 aromatic heterocycles. The molecule has 0 saturated heterocycles. The highest BCUT2D eigenvalue weighted by molar-refractivity contribution is 5.76. The number of rotatable bonds is 18. The monoisotopic (exact) mass is 559 g/mol. The number of amides is 1. The second-order valence-electron chi connectivity index (χ2n) is 9.48. The molecule has 2 rings (SSSR count). The van der Waals surface area contributed by atoms with Crippen LogP contribution in [-0.4, -0.2) is 91.9 Å². The summed E-state index contributed by atoms with van der Waals surface area (Å²) in [6.07, 6.45) is 0.873. The molecule has 0 saturated carbocycles. The minimum atomic E-state index is -1.11. The zero-order valence-electron chi connectivity index (χ0n) is 22.5. The number of nitrogens with zero attached hydrogens (tertiary/aromatic N) is 2. The largest absolute Gasteiger partial charge is 0.508 e. The van der Waals surface area contributed by atoms with E-state index in [0.717, 1.165) is 5.56 Å². The highest BCUT2D eigenvalue weighted by Gasteiger charge is 2.18. The summed E-state index contributed by atoms with van der Waals surface area (Å²) in [7, 11) is 0. The number of aliphatic carboxylic acids is 3. The first-order chi connectivity index (χ1) is 19.0. The Morgan fingerprint density at radius 2 is 1.15 bits per heavy atom. The lowest BCUT2D eigenvalue weighted by Crippen LogP contribution is -2.39. The van der Waals surface area contributed by atoms with Crippen molar-refractivity contribution in [2.75, 3.05) is 32.7 Å². The molecule has 0 aliphatic carbocycles. The second kappa shape index (κ2) is 16.1. The summed E-state index contributed by atoms with van der Waals surface area (Å²) in [5, 5.41) is 51.3. The Morgan fingerprint density at radius 3 is 1.55 bits per heavy atom. The average molecular weight is 560 g/mol. The Balaban J connectivity index is 2.15. The summed E-state index contributed by atoms with van der Waals surface area (Å²) in [5.74, 6) is -3.35. The van der Waals surface area contributed by atoms with Gasteiger partial charge in [0.05, 0.1) is 13.1 Å². The molecule has 2 aromatic carbocycles. The van der Waals surface area contributed by atoms with Crippen LogP contribution < -0.4 is 5.32 Å². The normalized spacial score (nSPS) is 11.1. The van der Waals surface area contributed by atoms with Crippen LogP contribution in [0.1, 0.15) is 42.0 Å². The van der Waals surface area contributed by atoms with Crippen LogP contribution in [0, 0.1) is 0 Å². The van der Waals surface area contributed by atoms with Crippen molar-refractivity contribution < 1.29 is 44.7 Å². The summed E-state index contributed by atoms with van der Waals surface area (Å²) in [6, 6.07) is 9.59. The van der Waals surface area contributed by atoms with Gasteiger partial charge in [0.25, 0.3) is 0 Å². The third-order valence-electron chi connectivity index (χ3n) is 6.17. The maximum absolute atomic E-state index is 11.8. The molecule has 1 amide bonds. The topological polar surface area (TPSA) is 188 Å². The molecule has 40 heavy (non-hydrogen) atoms. The van der Waals surface area contributed by atoms with E-state index in [-0.39, 0.29) is 75.9 Å². The number of phenolic OH excluding ortho intramolecular Hbond substituents is 2. The van der Waals surface area contributed by atoms with Gasteiger partial charge in [-0.15, -0.1) is 0 Å². The van der Waals surface area contributed by atoms with Gasteiger partial charge in [-0.2, -0.15) is 0 Å². The number of phenols is 2. The molecule has 0 spiro atoms. The first kappa shape index (κ1) is 32.1. The molecule has 0 bridgehead atoms. The van der Waals surface area contributed by atoms with Gasteiger partial charge in [0.1, 0.15) is 11.5 Å². The smallest absolute Gasteiger partial charge is 0.317 e. The van der Waals surface area contributed by atoms with Gasteiger partial charge >= 0.3 is 17.9 Å². The standard InChI is InChI=1S/C28H37N3O9/c1-2-29-25(34)9-5-19-3-7-23(32)21(13-19)15-30(17-27(37)38)11-12-31(18-28(39)40)16-22-14-20(4-8-24(22)33)6-10-26(35)36/h3-4,7-8,13-14,32-33H,2,5-6,9-12,15-18H2,1H3,(H,29,34)(H,35,36)(H,37,38)(H,39,40). The zero-order valence-corrected chi connectivity index (χ0v) is 22.5. The van der Waals surface area contributed by atoms with Gasteiger partial charge in [0.2, 0.25) is 5.91 Å². The highest BCUT2D eigenvalue weighted by atomic mass is 16.4. The van der Waals surface area contributed by atoms with Crippen LogP contribution in [0.25, 0.3) is 0 Å². The number of benzene rings is 2. The molecular formula is C28H37N3O9. The van der Waals surface area contributed by atoms with E-state index in [4.69, 9.17) is 5.11 Å². The molecule has 0 radical (unpaired) electrons. The molecule has 0 aliphatic heterocycles. The number of carboxylic acid groups (broad SMARTS) is 3. The third kappa shape index (κ3) is 11.7. The Labute approximate surface area is 232 Å². The summed E-state index contributed by atoms with van der Waals surface area (Å²) in [4.78, 5) is 48.9.